The van der Waals surface area contributed by atoms with Gasteiger partial charge in [0.05, 0.1) is 18.8 Å². The zero-order valence-electron chi connectivity index (χ0n) is 14.0. The highest BCUT2D eigenvalue weighted by Gasteiger charge is 2.25. The second kappa shape index (κ2) is 7.38. The zero-order valence-corrected chi connectivity index (χ0v) is 14.0. The fourth-order valence-corrected chi connectivity index (χ4v) is 2.04. The summed E-state index contributed by atoms with van der Waals surface area (Å²) >= 11 is 0. The molecule has 1 amide bonds. The summed E-state index contributed by atoms with van der Waals surface area (Å²) in [6.45, 7) is 13.8. The minimum Gasteiger partial charge on any atom is -0.387 e. The number of nitrogens with one attached hydrogen (secondary N) is 1. The van der Waals surface area contributed by atoms with Crippen LogP contribution in [-0.4, -0.2) is 60.9 Å². The van der Waals surface area contributed by atoms with Crippen LogP contribution >= 0.6 is 0 Å². The standard InChI is InChI=1S/C16H30N2O3/c1-13(15(2,3)4)10-14(19)17-11-16(5,20)12-18-6-8-21-9-7-18/h10,20H,6-9,11-12H2,1-5H3,(H,17,19). The Morgan fingerprint density at radius 2 is 1.86 bits per heavy atom. The molecule has 1 heterocycles. The Kier molecular flexibility index (Phi) is 6.38. The fraction of sp³-hybridized carbons (Fsp3) is 0.812. The smallest absolute Gasteiger partial charge is 0.244 e. The van der Waals surface area contributed by atoms with Crippen LogP contribution in [0.2, 0.25) is 0 Å². The van der Waals surface area contributed by atoms with Crippen molar-refractivity contribution >= 4 is 5.91 Å². The van der Waals surface area contributed by atoms with Gasteiger partial charge in [0, 0.05) is 32.3 Å². The maximum Gasteiger partial charge on any atom is 0.244 e. The quantitative estimate of drug-likeness (QED) is 0.748. The normalized spacial score (nSPS) is 21.0. The third-order valence-electron chi connectivity index (χ3n) is 3.84. The van der Waals surface area contributed by atoms with E-state index in [1.807, 2.05) is 6.92 Å². The van der Waals surface area contributed by atoms with Gasteiger partial charge in [-0.15, -0.1) is 0 Å². The Hall–Kier alpha value is -0.910. The summed E-state index contributed by atoms with van der Waals surface area (Å²) in [5, 5.41) is 13.2. The Bertz CT molecular complexity index is 377. The third kappa shape index (κ3) is 7.07. The molecule has 0 aromatic carbocycles. The van der Waals surface area contributed by atoms with E-state index in [1.165, 1.54) is 0 Å². The van der Waals surface area contributed by atoms with Crippen LogP contribution in [0.25, 0.3) is 0 Å². The molecule has 1 atom stereocenters. The van der Waals surface area contributed by atoms with Crippen molar-refractivity contribution in [2.24, 2.45) is 5.41 Å². The summed E-state index contributed by atoms with van der Waals surface area (Å²) in [5.74, 6) is -0.148. The maximum absolute atomic E-state index is 11.9. The summed E-state index contributed by atoms with van der Waals surface area (Å²) in [6, 6.07) is 0. The molecule has 0 aromatic heterocycles. The first-order valence-electron chi connectivity index (χ1n) is 7.59. The highest BCUT2D eigenvalue weighted by molar-refractivity contribution is 5.88. The van der Waals surface area contributed by atoms with E-state index in [4.69, 9.17) is 4.74 Å². The van der Waals surface area contributed by atoms with E-state index >= 15 is 0 Å². The summed E-state index contributed by atoms with van der Waals surface area (Å²) in [4.78, 5) is 14.1. The van der Waals surface area contributed by atoms with Gasteiger partial charge in [0.1, 0.15) is 0 Å². The summed E-state index contributed by atoms with van der Waals surface area (Å²) < 4.78 is 5.29. The molecule has 1 aliphatic rings. The van der Waals surface area contributed by atoms with Crippen molar-refractivity contribution in [1.82, 2.24) is 10.2 Å². The predicted octanol–water partition coefficient (Wildman–Crippen LogP) is 1.18. The number of morpholine rings is 1. The number of amides is 1. The van der Waals surface area contributed by atoms with E-state index < -0.39 is 5.60 Å². The molecule has 1 rings (SSSR count). The molecule has 1 fully saturated rings. The minimum atomic E-state index is -0.934. The number of carbonyl (C=O) groups is 1. The molecular formula is C16H30N2O3. The summed E-state index contributed by atoms with van der Waals surface area (Å²) in [7, 11) is 0. The SMILES string of the molecule is CC(=CC(=O)NCC(C)(O)CN1CCOCC1)C(C)(C)C. The molecule has 2 N–H and O–H groups in total. The van der Waals surface area contributed by atoms with Crippen molar-refractivity contribution in [3.63, 3.8) is 0 Å². The number of allylic oxidation sites excluding steroid dienone is 1. The van der Waals surface area contributed by atoms with E-state index in [-0.39, 0.29) is 17.9 Å². The van der Waals surface area contributed by atoms with Crippen molar-refractivity contribution in [2.75, 3.05) is 39.4 Å². The molecule has 5 heteroatoms. The van der Waals surface area contributed by atoms with Gasteiger partial charge in [0.2, 0.25) is 5.91 Å². The summed E-state index contributed by atoms with van der Waals surface area (Å²) in [5.41, 5.74) is 0.0669. The van der Waals surface area contributed by atoms with Gasteiger partial charge in [-0.25, -0.2) is 0 Å². The Balaban J connectivity index is 2.43. The average Bonchev–Trinajstić information content (AvgIpc) is 2.36. The van der Waals surface area contributed by atoms with Crippen molar-refractivity contribution in [1.29, 1.82) is 0 Å². The van der Waals surface area contributed by atoms with Crippen LogP contribution < -0.4 is 5.32 Å². The van der Waals surface area contributed by atoms with E-state index in [9.17, 15) is 9.90 Å². The first kappa shape index (κ1) is 18.1. The number of carbonyl (C=O) groups excluding carboxylic acids is 1. The van der Waals surface area contributed by atoms with Gasteiger partial charge in [-0.1, -0.05) is 26.3 Å². The predicted molar refractivity (Wildman–Crippen MR) is 84.1 cm³/mol. The molecule has 0 bridgehead atoms. The second-order valence-corrected chi connectivity index (χ2v) is 7.18. The topological polar surface area (TPSA) is 61.8 Å². The molecule has 1 unspecified atom stereocenters. The van der Waals surface area contributed by atoms with Crippen molar-refractivity contribution in [2.45, 2.75) is 40.2 Å². The Labute approximate surface area is 128 Å². The molecule has 122 valence electrons. The number of ether oxygens (including phenoxy) is 1. The first-order valence-corrected chi connectivity index (χ1v) is 7.59. The largest absolute Gasteiger partial charge is 0.387 e. The molecule has 1 aliphatic heterocycles. The molecule has 21 heavy (non-hydrogen) atoms. The molecule has 0 aliphatic carbocycles. The monoisotopic (exact) mass is 298 g/mol. The van der Waals surface area contributed by atoms with Crippen LogP contribution in [0.15, 0.2) is 11.6 Å². The highest BCUT2D eigenvalue weighted by Crippen LogP contribution is 2.23. The Morgan fingerprint density at radius 1 is 1.29 bits per heavy atom. The zero-order chi connectivity index (χ0) is 16.1. The van der Waals surface area contributed by atoms with Gasteiger partial charge in [0.25, 0.3) is 0 Å². The lowest BCUT2D eigenvalue weighted by atomic mass is 9.87. The lowest BCUT2D eigenvalue weighted by Gasteiger charge is -2.33. The van der Waals surface area contributed by atoms with Gasteiger partial charge in [-0.2, -0.15) is 0 Å². The van der Waals surface area contributed by atoms with E-state index in [0.29, 0.717) is 19.8 Å². The fourth-order valence-electron chi connectivity index (χ4n) is 2.04. The lowest BCUT2D eigenvalue weighted by Crippen LogP contribution is -2.51. The molecule has 0 spiro atoms. The van der Waals surface area contributed by atoms with Crippen molar-refractivity contribution in [3.05, 3.63) is 11.6 Å². The van der Waals surface area contributed by atoms with E-state index in [0.717, 1.165) is 18.7 Å². The number of nitrogens with zero attached hydrogens (tertiary/aromatic N) is 1. The van der Waals surface area contributed by atoms with Crippen molar-refractivity contribution in [3.8, 4) is 0 Å². The number of aliphatic hydroxyl groups is 1. The molecule has 0 aromatic rings. The first-order chi connectivity index (χ1) is 9.60. The minimum absolute atomic E-state index is 0.0202. The van der Waals surface area contributed by atoms with E-state index in [2.05, 4.69) is 31.0 Å². The van der Waals surface area contributed by atoms with Gasteiger partial charge in [-0.05, 0) is 19.3 Å². The van der Waals surface area contributed by atoms with Crippen LogP contribution in [0.3, 0.4) is 0 Å². The molecule has 0 saturated carbocycles. The number of hydrogen-bond acceptors (Lipinski definition) is 4. The van der Waals surface area contributed by atoms with Crippen LogP contribution in [-0.2, 0) is 9.53 Å². The number of hydrogen-bond donors (Lipinski definition) is 2. The number of β-amino-alcohol motifs (C(OH)–C–C–N with tert-alkyl or cyclic N) is 1. The average molecular weight is 298 g/mol. The third-order valence-corrected chi connectivity index (χ3v) is 3.84. The molecular weight excluding hydrogens is 268 g/mol. The highest BCUT2D eigenvalue weighted by atomic mass is 16.5. The van der Waals surface area contributed by atoms with Gasteiger partial charge >= 0.3 is 0 Å². The second-order valence-electron chi connectivity index (χ2n) is 7.18. The van der Waals surface area contributed by atoms with Gasteiger partial charge in [0.15, 0.2) is 0 Å². The maximum atomic E-state index is 11.9. The van der Waals surface area contributed by atoms with Crippen molar-refractivity contribution < 1.29 is 14.6 Å². The van der Waals surface area contributed by atoms with Crippen LogP contribution in [0.5, 0.6) is 0 Å². The molecule has 1 saturated heterocycles. The summed E-state index contributed by atoms with van der Waals surface area (Å²) in [6.07, 6.45) is 1.62. The van der Waals surface area contributed by atoms with Gasteiger partial charge < -0.3 is 15.2 Å². The van der Waals surface area contributed by atoms with Gasteiger partial charge in [-0.3, -0.25) is 9.69 Å². The van der Waals surface area contributed by atoms with Crippen LogP contribution in [0.1, 0.15) is 34.6 Å². The van der Waals surface area contributed by atoms with E-state index in [1.54, 1.807) is 13.0 Å². The Morgan fingerprint density at radius 3 is 2.38 bits per heavy atom. The van der Waals surface area contributed by atoms with Crippen LogP contribution in [0.4, 0.5) is 0 Å². The lowest BCUT2D eigenvalue weighted by molar-refractivity contribution is -0.118. The molecule has 5 nitrogen and oxygen atoms in total. The number of rotatable bonds is 5. The molecule has 0 radical (unpaired) electrons. The van der Waals surface area contributed by atoms with Crippen LogP contribution in [0, 0.1) is 5.41 Å².